The van der Waals surface area contributed by atoms with E-state index in [2.05, 4.69) is 187 Å². The summed E-state index contributed by atoms with van der Waals surface area (Å²) in [5, 5.41) is 4.10. The molecule has 1 aliphatic rings. The first-order valence-electron chi connectivity index (χ1n) is 17.4. The fraction of sp³-hybridized carbons (Fsp3) is 0.0638. The van der Waals surface area contributed by atoms with Crippen molar-refractivity contribution in [1.29, 1.82) is 0 Å². The number of nitrogen functional groups attached to an aromatic ring is 2. The monoisotopic (exact) mass is 658 g/mol. The van der Waals surface area contributed by atoms with Gasteiger partial charge in [-0.2, -0.15) is 0 Å². The second kappa shape index (κ2) is 11.8. The average Bonchev–Trinajstić information content (AvgIpc) is 3.18. The van der Waals surface area contributed by atoms with Gasteiger partial charge in [-0.25, -0.2) is 0 Å². The van der Waals surface area contributed by atoms with Crippen LogP contribution in [0.3, 0.4) is 0 Å². The van der Waals surface area contributed by atoms with E-state index in [0.29, 0.717) is 11.4 Å². The second-order valence-electron chi connectivity index (χ2n) is 13.9. The van der Waals surface area contributed by atoms with Gasteiger partial charge in [0.1, 0.15) is 0 Å². The first-order chi connectivity index (χ1) is 24.9. The van der Waals surface area contributed by atoms with E-state index in [1.165, 1.54) is 11.1 Å². The fourth-order valence-corrected chi connectivity index (χ4v) is 7.94. The number of rotatable bonds is 5. The van der Waals surface area contributed by atoms with Crippen LogP contribution in [0.15, 0.2) is 170 Å². The lowest BCUT2D eigenvalue weighted by Gasteiger charge is -2.42. The zero-order chi connectivity index (χ0) is 34.7. The highest BCUT2D eigenvalue weighted by atomic mass is 15.2. The Bertz CT molecular complexity index is 2540. The van der Waals surface area contributed by atoms with E-state index in [0.717, 1.165) is 66.8 Å². The Balaban J connectivity index is 1.22. The number of anilines is 8. The summed E-state index contributed by atoms with van der Waals surface area (Å²) in [6, 6.07) is 60.3. The molecule has 1 aliphatic heterocycles. The molecule has 0 atom stereocenters. The Kier molecular flexibility index (Phi) is 7.08. The van der Waals surface area contributed by atoms with Crippen molar-refractivity contribution in [3.8, 4) is 11.1 Å². The van der Waals surface area contributed by atoms with Crippen LogP contribution in [0.25, 0.3) is 32.7 Å². The number of nitrogens with two attached hydrogens (primary N) is 2. The maximum atomic E-state index is 6.92. The van der Waals surface area contributed by atoms with Crippen LogP contribution in [-0.4, -0.2) is 0 Å². The minimum atomic E-state index is -0.259. The summed E-state index contributed by atoms with van der Waals surface area (Å²) in [5.41, 5.74) is 26.2. The van der Waals surface area contributed by atoms with Gasteiger partial charge >= 0.3 is 0 Å². The maximum Gasteiger partial charge on any atom is 0.0634 e. The van der Waals surface area contributed by atoms with E-state index >= 15 is 0 Å². The summed E-state index contributed by atoms with van der Waals surface area (Å²) >= 11 is 0. The zero-order valence-electron chi connectivity index (χ0n) is 28.7. The summed E-state index contributed by atoms with van der Waals surface area (Å²) in [4.78, 5) is 4.71. The van der Waals surface area contributed by atoms with Crippen LogP contribution in [0.5, 0.6) is 0 Å². The van der Waals surface area contributed by atoms with E-state index in [4.69, 9.17) is 11.5 Å². The minimum Gasteiger partial charge on any atom is -0.397 e. The molecule has 4 N–H and O–H groups in total. The van der Waals surface area contributed by atoms with E-state index in [9.17, 15) is 0 Å². The molecule has 0 spiro atoms. The van der Waals surface area contributed by atoms with Crippen LogP contribution in [0.2, 0.25) is 0 Å². The molecule has 0 unspecified atom stereocenters. The Morgan fingerprint density at radius 1 is 0.431 bits per heavy atom. The highest BCUT2D eigenvalue weighted by Gasteiger charge is 2.37. The molecule has 1 heterocycles. The van der Waals surface area contributed by atoms with Gasteiger partial charge in [0.2, 0.25) is 0 Å². The average molecular weight is 659 g/mol. The largest absolute Gasteiger partial charge is 0.397 e. The van der Waals surface area contributed by atoms with Crippen LogP contribution in [0.4, 0.5) is 45.5 Å². The van der Waals surface area contributed by atoms with Gasteiger partial charge in [-0.3, -0.25) is 0 Å². The SMILES string of the molecule is CC1(C)c2ccccc2N(c2ccc3c(c2)c(N)c(N)c2cc(-c4ccccc4)ccc23)c2ccc(N(c3ccccc3)c3ccccc3)cc21. The summed E-state index contributed by atoms with van der Waals surface area (Å²) in [5.74, 6) is 0. The lowest BCUT2D eigenvalue weighted by Crippen LogP contribution is -2.31. The van der Waals surface area contributed by atoms with E-state index in [1.807, 2.05) is 6.07 Å². The Morgan fingerprint density at radius 3 is 1.65 bits per heavy atom. The number of para-hydroxylation sites is 3. The van der Waals surface area contributed by atoms with Crippen molar-refractivity contribution >= 4 is 67.0 Å². The Hall–Kier alpha value is -6.52. The van der Waals surface area contributed by atoms with Crippen molar-refractivity contribution in [1.82, 2.24) is 0 Å². The Morgan fingerprint density at radius 2 is 0.980 bits per heavy atom. The van der Waals surface area contributed by atoms with Crippen molar-refractivity contribution in [3.63, 3.8) is 0 Å². The fourth-order valence-electron chi connectivity index (χ4n) is 7.94. The molecule has 0 amide bonds. The van der Waals surface area contributed by atoms with Crippen LogP contribution in [0, 0.1) is 0 Å². The number of hydrogen-bond acceptors (Lipinski definition) is 4. The molecule has 246 valence electrons. The van der Waals surface area contributed by atoms with Gasteiger partial charge in [0, 0.05) is 38.9 Å². The highest BCUT2D eigenvalue weighted by molar-refractivity contribution is 6.20. The predicted molar refractivity (Wildman–Crippen MR) is 217 cm³/mol. The Labute approximate surface area is 298 Å². The van der Waals surface area contributed by atoms with Gasteiger partial charge in [-0.15, -0.1) is 0 Å². The van der Waals surface area contributed by atoms with Crippen LogP contribution in [-0.2, 0) is 5.41 Å². The van der Waals surface area contributed by atoms with Gasteiger partial charge in [-0.1, -0.05) is 117 Å². The molecule has 51 heavy (non-hydrogen) atoms. The molecule has 8 aromatic rings. The quantitative estimate of drug-likeness (QED) is 0.110. The lowest BCUT2D eigenvalue weighted by atomic mass is 9.73. The first-order valence-corrected chi connectivity index (χ1v) is 17.4. The van der Waals surface area contributed by atoms with Gasteiger partial charge in [-0.05, 0) is 99.8 Å². The number of hydrogen-bond donors (Lipinski definition) is 2. The zero-order valence-corrected chi connectivity index (χ0v) is 28.7. The van der Waals surface area contributed by atoms with Crippen LogP contribution < -0.4 is 21.3 Å². The van der Waals surface area contributed by atoms with Crippen LogP contribution in [0.1, 0.15) is 25.0 Å². The lowest BCUT2D eigenvalue weighted by molar-refractivity contribution is 0.632. The van der Waals surface area contributed by atoms with Gasteiger partial charge in [0.25, 0.3) is 0 Å². The van der Waals surface area contributed by atoms with Gasteiger partial charge < -0.3 is 21.3 Å². The summed E-state index contributed by atoms with van der Waals surface area (Å²) < 4.78 is 0. The molecule has 8 aromatic carbocycles. The van der Waals surface area contributed by atoms with Crippen LogP contribution >= 0.6 is 0 Å². The molecule has 9 rings (SSSR count). The summed E-state index contributed by atoms with van der Waals surface area (Å²) in [6.07, 6.45) is 0. The van der Waals surface area contributed by atoms with Gasteiger partial charge in [0.05, 0.1) is 22.7 Å². The third-order valence-corrected chi connectivity index (χ3v) is 10.5. The molecule has 0 aliphatic carbocycles. The van der Waals surface area contributed by atoms with E-state index in [-0.39, 0.29) is 5.41 Å². The standard InChI is InChI=1S/C47H38N4/c1-47(2)41-20-12-13-21-43(41)51(44-27-24-36(30-42(44)47)50(33-16-8-4-9-17-33)34-18-10-5-11-19-34)35-23-26-38-37-25-22-32(31-14-6-3-7-15-31)28-39(37)45(48)46(49)40(38)29-35/h3-30H,48-49H2,1-2H3. The van der Waals surface area contributed by atoms with Crippen molar-refractivity contribution in [2.45, 2.75) is 19.3 Å². The molecule has 0 saturated carbocycles. The van der Waals surface area contributed by atoms with Crippen molar-refractivity contribution in [2.24, 2.45) is 0 Å². The third-order valence-electron chi connectivity index (χ3n) is 10.5. The normalized spacial score (nSPS) is 13.2. The minimum absolute atomic E-state index is 0.259. The molecule has 0 aromatic heterocycles. The molecule has 4 heteroatoms. The first kappa shape index (κ1) is 30.5. The third kappa shape index (κ3) is 4.91. The highest BCUT2D eigenvalue weighted by Crippen LogP contribution is 2.54. The number of benzene rings is 8. The van der Waals surface area contributed by atoms with Crippen molar-refractivity contribution in [3.05, 3.63) is 181 Å². The van der Waals surface area contributed by atoms with E-state index < -0.39 is 0 Å². The molecule has 0 radical (unpaired) electrons. The van der Waals surface area contributed by atoms with Gasteiger partial charge in [0.15, 0.2) is 0 Å². The smallest absolute Gasteiger partial charge is 0.0634 e. The van der Waals surface area contributed by atoms with Crippen molar-refractivity contribution in [2.75, 3.05) is 21.3 Å². The summed E-state index contributed by atoms with van der Waals surface area (Å²) in [6.45, 7) is 4.66. The maximum absolute atomic E-state index is 6.92. The molecule has 0 bridgehead atoms. The predicted octanol–water partition coefficient (Wildman–Crippen LogP) is 12.4. The molecular weight excluding hydrogens is 621 g/mol. The molecule has 4 nitrogen and oxygen atoms in total. The number of nitrogens with zero attached hydrogens (tertiary/aromatic N) is 2. The topological polar surface area (TPSA) is 58.5 Å². The summed E-state index contributed by atoms with van der Waals surface area (Å²) in [7, 11) is 0. The van der Waals surface area contributed by atoms with E-state index in [1.54, 1.807) is 0 Å². The van der Waals surface area contributed by atoms with Crippen molar-refractivity contribution < 1.29 is 0 Å². The number of fused-ring (bicyclic) bond motifs is 5. The molecular formula is C47H38N4. The molecule has 0 fully saturated rings. The second-order valence-corrected chi connectivity index (χ2v) is 13.9. The molecule has 0 saturated heterocycles.